The maximum atomic E-state index is 5.89. The van der Waals surface area contributed by atoms with Crippen LogP contribution in [0.4, 0.5) is 0 Å². The quantitative estimate of drug-likeness (QED) is 0.485. The molecule has 0 unspecified atom stereocenters. The molecule has 0 amide bonds. The molecule has 0 saturated heterocycles. The minimum atomic E-state index is -1.36. The maximum Gasteiger partial charge on any atom is 0.186 e. The summed E-state index contributed by atoms with van der Waals surface area (Å²) in [6, 6.07) is 1.30. The van der Waals surface area contributed by atoms with Crippen molar-refractivity contribution in [1.29, 1.82) is 0 Å². The van der Waals surface area contributed by atoms with Crippen molar-refractivity contribution in [2.24, 2.45) is 0 Å². The van der Waals surface area contributed by atoms with Crippen LogP contribution in [0.3, 0.4) is 0 Å². The molecule has 0 heterocycles. The molecule has 0 atom stereocenters. The highest BCUT2D eigenvalue weighted by Crippen LogP contribution is 2.14. The smallest absolute Gasteiger partial charge is 0.186 e. The first kappa shape index (κ1) is 18.1. The summed E-state index contributed by atoms with van der Waals surface area (Å²) in [6.07, 6.45) is 6.61. The van der Waals surface area contributed by atoms with Crippen LogP contribution in [0.15, 0.2) is 0 Å². The lowest BCUT2D eigenvalue weighted by molar-refractivity contribution is 0.262. The molecular weight excluding hydrogens is 238 g/mol. The van der Waals surface area contributed by atoms with Gasteiger partial charge in [-0.3, -0.25) is 0 Å². The molecule has 0 aromatic carbocycles. The summed E-state index contributed by atoms with van der Waals surface area (Å²) in [4.78, 5) is 2.66. The molecule has 0 aliphatic heterocycles. The summed E-state index contributed by atoms with van der Waals surface area (Å²) < 4.78 is 5.89. The standard InChI is InChI=1S/C15H35NOSi/c1-6-9-12-16(13-10-7-2)14-11-15-18(4,5)17-8-3/h6-15H2,1-5H3. The lowest BCUT2D eigenvalue weighted by Gasteiger charge is -2.25. The first-order valence-corrected chi connectivity index (χ1v) is 11.0. The van der Waals surface area contributed by atoms with E-state index in [1.807, 2.05) is 0 Å². The molecule has 0 radical (unpaired) electrons. The molecule has 18 heavy (non-hydrogen) atoms. The second-order valence-corrected chi connectivity index (χ2v) is 10.2. The Morgan fingerprint density at radius 2 is 1.33 bits per heavy atom. The third kappa shape index (κ3) is 10.1. The number of nitrogens with zero attached hydrogens (tertiary/aromatic N) is 1. The Bertz CT molecular complexity index is 177. The van der Waals surface area contributed by atoms with E-state index in [4.69, 9.17) is 4.43 Å². The van der Waals surface area contributed by atoms with Gasteiger partial charge >= 0.3 is 0 Å². The van der Waals surface area contributed by atoms with Crippen LogP contribution in [0, 0.1) is 0 Å². The summed E-state index contributed by atoms with van der Waals surface area (Å²) in [5, 5.41) is 0. The van der Waals surface area contributed by atoms with Gasteiger partial charge < -0.3 is 9.33 Å². The summed E-state index contributed by atoms with van der Waals surface area (Å²) in [6.45, 7) is 16.1. The molecule has 0 saturated carbocycles. The van der Waals surface area contributed by atoms with Gasteiger partial charge in [0.15, 0.2) is 8.32 Å². The minimum absolute atomic E-state index is 0.884. The summed E-state index contributed by atoms with van der Waals surface area (Å²) in [5.41, 5.74) is 0. The molecule has 0 N–H and O–H groups in total. The molecule has 0 bridgehead atoms. The van der Waals surface area contributed by atoms with E-state index >= 15 is 0 Å². The highest BCUT2D eigenvalue weighted by Gasteiger charge is 2.21. The Labute approximate surface area is 116 Å². The Kier molecular flexibility index (Phi) is 11.1. The second kappa shape index (κ2) is 11.0. The van der Waals surface area contributed by atoms with E-state index in [2.05, 4.69) is 38.8 Å². The van der Waals surface area contributed by atoms with Crippen molar-refractivity contribution in [3.8, 4) is 0 Å². The number of rotatable bonds is 12. The fourth-order valence-electron chi connectivity index (χ4n) is 2.29. The van der Waals surface area contributed by atoms with Gasteiger partial charge in [0, 0.05) is 6.61 Å². The van der Waals surface area contributed by atoms with Crippen molar-refractivity contribution in [3.05, 3.63) is 0 Å². The first-order chi connectivity index (χ1) is 8.55. The van der Waals surface area contributed by atoms with Crippen molar-refractivity contribution in [3.63, 3.8) is 0 Å². The molecule has 0 aromatic rings. The van der Waals surface area contributed by atoms with Crippen LogP contribution in [0.2, 0.25) is 19.1 Å². The zero-order chi connectivity index (χ0) is 13.9. The fourth-order valence-corrected chi connectivity index (χ4v) is 4.23. The first-order valence-electron chi connectivity index (χ1n) is 7.92. The predicted molar refractivity (Wildman–Crippen MR) is 84.8 cm³/mol. The largest absolute Gasteiger partial charge is 0.418 e. The topological polar surface area (TPSA) is 12.5 Å². The van der Waals surface area contributed by atoms with Crippen molar-refractivity contribution in [2.45, 2.75) is 72.0 Å². The van der Waals surface area contributed by atoms with Gasteiger partial charge in [-0.2, -0.15) is 0 Å². The number of unbranched alkanes of at least 4 members (excludes halogenated alkanes) is 2. The normalized spacial score (nSPS) is 12.3. The third-order valence-corrected chi connectivity index (χ3v) is 6.07. The van der Waals surface area contributed by atoms with E-state index in [0.29, 0.717) is 0 Å². The van der Waals surface area contributed by atoms with Gasteiger partial charge in [0.1, 0.15) is 0 Å². The average molecular weight is 274 g/mol. The van der Waals surface area contributed by atoms with Gasteiger partial charge in [0.2, 0.25) is 0 Å². The Morgan fingerprint density at radius 1 is 0.833 bits per heavy atom. The third-order valence-electron chi connectivity index (χ3n) is 3.44. The van der Waals surface area contributed by atoms with Gasteiger partial charge in [-0.05, 0) is 65.0 Å². The molecule has 2 nitrogen and oxygen atoms in total. The van der Waals surface area contributed by atoms with E-state index in [0.717, 1.165) is 6.61 Å². The molecule has 0 aliphatic carbocycles. The SMILES string of the molecule is CCCCN(CCCC)CCC[Si](C)(C)OCC. The Hall–Kier alpha value is 0.137. The Morgan fingerprint density at radius 3 is 1.78 bits per heavy atom. The van der Waals surface area contributed by atoms with Crippen LogP contribution in [-0.4, -0.2) is 39.5 Å². The number of hydrogen-bond donors (Lipinski definition) is 0. The van der Waals surface area contributed by atoms with Gasteiger partial charge in [-0.25, -0.2) is 0 Å². The van der Waals surface area contributed by atoms with Crippen molar-refractivity contribution in [1.82, 2.24) is 4.90 Å². The zero-order valence-electron chi connectivity index (χ0n) is 13.4. The van der Waals surface area contributed by atoms with Crippen LogP contribution < -0.4 is 0 Å². The predicted octanol–water partition coefficient (Wildman–Crippen LogP) is 4.52. The molecule has 0 aliphatic rings. The van der Waals surface area contributed by atoms with Crippen LogP contribution >= 0.6 is 0 Å². The molecular formula is C15H35NOSi. The molecule has 110 valence electrons. The van der Waals surface area contributed by atoms with E-state index in [9.17, 15) is 0 Å². The molecule has 0 rings (SSSR count). The van der Waals surface area contributed by atoms with Crippen LogP contribution in [0.25, 0.3) is 0 Å². The molecule has 3 heteroatoms. The Balaban J connectivity index is 3.86. The summed E-state index contributed by atoms with van der Waals surface area (Å²) in [7, 11) is -1.36. The highest BCUT2D eigenvalue weighted by molar-refractivity contribution is 6.71. The van der Waals surface area contributed by atoms with Crippen LogP contribution in [0.5, 0.6) is 0 Å². The molecule has 0 aromatic heterocycles. The molecule has 0 spiro atoms. The van der Waals surface area contributed by atoms with Crippen molar-refractivity contribution in [2.75, 3.05) is 26.2 Å². The van der Waals surface area contributed by atoms with Gasteiger partial charge in [-0.15, -0.1) is 0 Å². The lowest BCUT2D eigenvalue weighted by Crippen LogP contribution is -2.33. The average Bonchev–Trinajstić information content (AvgIpc) is 2.31. The number of hydrogen-bond acceptors (Lipinski definition) is 2. The van der Waals surface area contributed by atoms with Crippen molar-refractivity contribution >= 4 is 8.32 Å². The maximum absolute atomic E-state index is 5.89. The van der Waals surface area contributed by atoms with Crippen molar-refractivity contribution < 1.29 is 4.43 Å². The van der Waals surface area contributed by atoms with Crippen LogP contribution in [-0.2, 0) is 4.43 Å². The van der Waals surface area contributed by atoms with Gasteiger partial charge in [-0.1, -0.05) is 26.7 Å². The summed E-state index contributed by atoms with van der Waals surface area (Å²) in [5.74, 6) is 0. The lowest BCUT2D eigenvalue weighted by atomic mass is 10.2. The fraction of sp³-hybridized carbons (Fsp3) is 1.00. The summed E-state index contributed by atoms with van der Waals surface area (Å²) >= 11 is 0. The van der Waals surface area contributed by atoms with E-state index in [1.54, 1.807) is 0 Å². The van der Waals surface area contributed by atoms with E-state index in [-0.39, 0.29) is 0 Å². The van der Waals surface area contributed by atoms with E-state index in [1.165, 1.54) is 57.8 Å². The minimum Gasteiger partial charge on any atom is -0.418 e. The van der Waals surface area contributed by atoms with Crippen LogP contribution in [0.1, 0.15) is 52.9 Å². The van der Waals surface area contributed by atoms with E-state index < -0.39 is 8.32 Å². The van der Waals surface area contributed by atoms with Gasteiger partial charge in [0.25, 0.3) is 0 Å². The zero-order valence-corrected chi connectivity index (χ0v) is 14.4. The second-order valence-electron chi connectivity index (χ2n) is 5.85. The highest BCUT2D eigenvalue weighted by atomic mass is 28.4. The molecule has 0 fully saturated rings. The monoisotopic (exact) mass is 273 g/mol. The van der Waals surface area contributed by atoms with Gasteiger partial charge in [0.05, 0.1) is 0 Å².